The summed E-state index contributed by atoms with van der Waals surface area (Å²) >= 11 is 13.5. The normalized spacial score (nSPS) is 11.0. The van der Waals surface area contributed by atoms with Gasteiger partial charge < -0.3 is 31.1 Å². The molecule has 156 valence electrons. The van der Waals surface area contributed by atoms with Gasteiger partial charge in [-0.25, -0.2) is 0 Å². The van der Waals surface area contributed by atoms with Crippen molar-refractivity contribution >= 4 is 63.3 Å². The number of hydrogen-bond acceptors (Lipinski definition) is 8. The molecule has 0 fully saturated rings. The van der Waals surface area contributed by atoms with Crippen LogP contribution in [0.4, 0.5) is 5.69 Å². The molecule has 0 heterocycles. The second-order valence-electron chi connectivity index (χ2n) is 5.37. The fourth-order valence-electron chi connectivity index (χ4n) is 2.02. The molecule has 28 heavy (non-hydrogen) atoms. The molecular weight excluding hydrogens is 536 g/mol. The van der Waals surface area contributed by atoms with E-state index in [0.29, 0.717) is 0 Å². The van der Waals surface area contributed by atoms with Crippen LogP contribution in [0.2, 0.25) is 10.0 Å². The minimum atomic E-state index is -1.07. The van der Waals surface area contributed by atoms with Gasteiger partial charge >= 0.3 is 5.69 Å². The third-order valence-electron chi connectivity index (χ3n) is 3.48. The summed E-state index contributed by atoms with van der Waals surface area (Å²) in [5.74, 6) is -1.98. The Bertz CT molecular complexity index is 718. The Hall–Kier alpha value is -1.29. The van der Waals surface area contributed by atoms with Crippen LogP contribution in [0.3, 0.4) is 0 Å². The van der Waals surface area contributed by atoms with Gasteiger partial charge in [-0.1, -0.05) is 23.2 Å². The van der Waals surface area contributed by atoms with Gasteiger partial charge in [0, 0.05) is 3.57 Å². The summed E-state index contributed by atoms with van der Waals surface area (Å²) in [5.41, 5.74) is -1.81. The maximum Gasteiger partial charge on any atom is 0.308 e. The van der Waals surface area contributed by atoms with E-state index in [0.717, 1.165) is 0 Å². The molecule has 0 bridgehead atoms. The lowest BCUT2D eigenvalue weighted by Crippen LogP contribution is -2.42. The minimum absolute atomic E-state index is 0.141. The molecule has 0 aromatic heterocycles. The van der Waals surface area contributed by atoms with Gasteiger partial charge in [0.2, 0.25) is 0 Å². The Balaban J connectivity index is 3.61. The molecule has 1 aromatic rings. The molecule has 0 saturated heterocycles. The minimum Gasteiger partial charge on any atom is -0.394 e. The number of benzene rings is 1. The van der Waals surface area contributed by atoms with Crippen molar-refractivity contribution in [1.29, 1.82) is 0 Å². The van der Waals surface area contributed by atoms with Crippen LogP contribution in [-0.4, -0.2) is 75.7 Å². The lowest BCUT2D eigenvalue weighted by Gasteiger charge is -2.19. The van der Waals surface area contributed by atoms with Crippen LogP contribution in [0.1, 0.15) is 20.7 Å². The number of nitro benzene ring substituents is 1. The van der Waals surface area contributed by atoms with Crippen molar-refractivity contribution in [2.75, 3.05) is 26.4 Å². The molecule has 1 aromatic carbocycles. The van der Waals surface area contributed by atoms with E-state index in [2.05, 4.69) is 10.6 Å². The number of amides is 2. The van der Waals surface area contributed by atoms with E-state index in [1.807, 2.05) is 0 Å². The van der Waals surface area contributed by atoms with E-state index in [4.69, 9.17) is 43.6 Å². The number of nitro groups is 1. The summed E-state index contributed by atoms with van der Waals surface area (Å²) in [6.07, 6.45) is 0. The molecule has 1 rings (SSSR count). The van der Waals surface area contributed by atoms with Crippen molar-refractivity contribution in [3.63, 3.8) is 0 Å². The molecule has 0 unspecified atom stereocenters. The van der Waals surface area contributed by atoms with Gasteiger partial charge in [0.25, 0.3) is 11.8 Å². The summed E-state index contributed by atoms with van der Waals surface area (Å²) in [6, 6.07) is -2.14. The zero-order valence-corrected chi connectivity index (χ0v) is 17.7. The van der Waals surface area contributed by atoms with Crippen LogP contribution < -0.4 is 10.6 Å². The second kappa shape index (κ2) is 11.0. The first-order valence-electron chi connectivity index (χ1n) is 7.54. The van der Waals surface area contributed by atoms with Crippen molar-refractivity contribution < 1.29 is 34.9 Å². The van der Waals surface area contributed by atoms with E-state index >= 15 is 0 Å². The van der Waals surface area contributed by atoms with Crippen molar-refractivity contribution in [3.05, 3.63) is 34.9 Å². The highest BCUT2D eigenvalue weighted by atomic mass is 127. The summed E-state index contributed by atoms with van der Waals surface area (Å²) in [7, 11) is 0. The van der Waals surface area contributed by atoms with Crippen LogP contribution >= 0.6 is 45.8 Å². The molecule has 11 nitrogen and oxygen atoms in total. The molecular formula is C14H16Cl2IN3O8. The highest BCUT2D eigenvalue weighted by Crippen LogP contribution is 2.41. The predicted octanol–water partition coefficient (Wildman–Crippen LogP) is -0.328. The molecule has 0 atom stereocenters. The summed E-state index contributed by atoms with van der Waals surface area (Å²) < 4.78 is -0.141. The van der Waals surface area contributed by atoms with Crippen LogP contribution in [0.25, 0.3) is 0 Å². The van der Waals surface area contributed by atoms with Gasteiger partial charge in [0.15, 0.2) is 0 Å². The summed E-state index contributed by atoms with van der Waals surface area (Å²) in [5, 5.41) is 50.9. The maximum absolute atomic E-state index is 12.5. The van der Waals surface area contributed by atoms with Gasteiger partial charge in [-0.2, -0.15) is 0 Å². The van der Waals surface area contributed by atoms with E-state index in [9.17, 15) is 19.7 Å². The number of rotatable bonds is 9. The fraction of sp³-hybridized carbons (Fsp3) is 0.429. The zero-order valence-electron chi connectivity index (χ0n) is 14.0. The van der Waals surface area contributed by atoms with E-state index < -0.39 is 82.1 Å². The lowest BCUT2D eigenvalue weighted by atomic mass is 10.1. The molecule has 0 aliphatic carbocycles. The van der Waals surface area contributed by atoms with Crippen LogP contribution in [0, 0.1) is 13.7 Å². The first kappa shape index (κ1) is 24.7. The zero-order chi connectivity index (χ0) is 21.6. The van der Waals surface area contributed by atoms with Crippen molar-refractivity contribution in [3.8, 4) is 0 Å². The number of carbonyl (C=O) groups is 2. The van der Waals surface area contributed by atoms with Crippen molar-refractivity contribution in [2.45, 2.75) is 12.1 Å². The highest BCUT2D eigenvalue weighted by Gasteiger charge is 2.34. The molecule has 0 saturated carbocycles. The monoisotopic (exact) mass is 551 g/mol. The number of nitrogens with zero attached hydrogens (tertiary/aromatic N) is 1. The molecule has 14 heteroatoms. The number of carbonyl (C=O) groups excluding carboxylic acids is 2. The smallest absolute Gasteiger partial charge is 0.308 e. The number of hydrogen-bond donors (Lipinski definition) is 6. The van der Waals surface area contributed by atoms with Gasteiger partial charge in [-0.05, 0) is 22.6 Å². The molecule has 0 radical (unpaired) electrons. The quantitative estimate of drug-likeness (QED) is 0.137. The van der Waals surface area contributed by atoms with Gasteiger partial charge in [0.05, 0.1) is 54.6 Å². The topological polar surface area (TPSA) is 182 Å². The molecule has 6 N–H and O–H groups in total. The first-order valence-corrected chi connectivity index (χ1v) is 9.37. The van der Waals surface area contributed by atoms with E-state index in [1.165, 1.54) is 0 Å². The standard InChI is InChI=1S/C14H16Cl2IN3O8/c15-9-7(13(25)18-5(1-21)2-22)11(17)8(10(16)12(9)20(27)28)14(26)19-6(3-23)4-24/h5-6,21-24H,1-4H2,(H,18,25)(H,19,26). The third-order valence-corrected chi connectivity index (χ3v) is 5.30. The maximum atomic E-state index is 12.5. The van der Waals surface area contributed by atoms with Gasteiger partial charge in [-0.3, -0.25) is 19.7 Å². The number of halogens is 3. The Morgan fingerprint density at radius 3 is 1.50 bits per heavy atom. The van der Waals surface area contributed by atoms with E-state index in [-0.39, 0.29) is 3.57 Å². The first-order chi connectivity index (χ1) is 13.1. The molecule has 2 amide bonds. The lowest BCUT2D eigenvalue weighted by molar-refractivity contribution is -0.384. The van der Waals surface area contributed by atoms with Gasteiger partial charge in [-0.15, -0.1) is 0 Å². The number of aliphatic hydroxyl groups excluding tert-OH is 4. The largest absolute Gasteiger partial charge is 0.394 e. The van der Waals surface area contributed by atoms with Crippen molar-refractivity contribution in [1.82, 2.24) is 10.6 Å². The van der Waals surface area contributed by atoms with Crippen LogP contribution in [-0.2, 0) is 0 Å². The predicted molar refractivity (Wildman–Crippen MR) is 107 cm³/mol. The highest BCUT2D eigenvalue weighted by molar-refractivity contribution is 14.1. The Kier molecular flexibility index (Phi) is 9.76. The average Bonchev–Trinajstić information content (AvgIpc) is 2.63. The summed E-state index contributed by atoms with van der Waals surface area (Å²) in [6.45, 7) is -2.47. The van der Waals surface area contributed by atoms with E-state index in [1.54, 1.807) is 22.6 Å². The SMILES string of the molecule is O=C(NC(CO)CO)c1c(Cl)c([N+](=O)[O-])c(Cl)c(C(=O)NC(CO)CO)c1I. The molecule has 0 aliphatic heterocycles. The fourth-order valence-corrected chi connectivity index (χ4v) is 4.11. The number of aliphatic hydroxyl groups is 4. The third kappa shape index (κ3) is 5.40. The average molecular weight is 552 g/mol. The van der Waals surface area contributed by atoms with Crippen molar-refractivity contribution in [2.24, 2.45) is 0 Å². The molecule has 0 aliphatic rings. The Morgan fingerprint density at radius 1 is 0.929 bits per heavy atom. The van der Waals surface area contributed by atoms with Gasteiger partial charge in [0.1, 0.15) is 10.0 Å². The van der Waals surface area contributed by atoms with Crippen LogP contribution in [0.5, 0.6) is 0 Å². The number of nitrogens with one attached hydrogen (secondary N) is 2. The Labute approximate surface area is 181 Å². The second-order valence-corrected chi connectivity index (χ2v) is 7.20. The Morgan fingerprint density at radius 2 is 1.25 bits per heavy atom. The summed E-state index contributed by atoms with van der Waals surface area (Å²) in [4.78, 5) is 35.4. The van der Waals surface area contributed by atoms with Crippen LogP contribution in [0.15, 0.2) is 0 Å². The molecule has 0 spiro atoms.